The standard InChI is InChI=1S/C5H4N4/c1-2-8-9-4-3-7-5(9)6-1/h1-4H. The first-order chi connectivity index (χ1) is 4.47. The fraction of sp³-hybridized carbons (Fsp3) is 0. The number of fused-ring (bicyclic) bond motifs is 1. The van der Waals surface area contributed by atoms with Crippen molar-refractivity contribution in [3.05, 3.63) is 24.8 Å². The number of aromatic nitrogens is 4. The van der Waals surface area contributed by atoms with Crippen LogP contribution in [0.3, 0.4) is 0 Å². The molecule has 0 bridgehead atoms. The van der Waals surface area contributed by atoms with Gasteiger partial charge in [-0.1, -0.05) is 0 Å². The van der Waals surface area contributed by atoms with Crippen molar-refractivity contribution in [2.75, 3.05) is 0 Å². The molecule has 4 heteroatoms. The van der Waals surface area contributed by atoms with Gasteiger partial charge in [-0.2, -0.15) is 5.10 Å². The summed E-state index contributed by atoms with van der Waals surface area (Å²) in [7, 11) is 0. The molecule has 2 rings (SSSR count). The van der Waals surface area contributed by atoms with Crippen LogP contribution in [0.25, 0.3) is 5.78 Å². The highest BCUT2D eigenvalue weighted by Crippen LogP contribution is 1.88. The molecule has 0 N–H and O–H groups in total. The summed E-state index contributed by atoms with van der Waals surface area (Å²) in [5.74, 6) is 0.637. The van der Waals surface area contributed by atoms with E-state index >= 15 is 0 Å². The average Bonchev–Trinajstić information content (AvgIpc) is 2.33. The minimum absolute atomic E-state index is 0.637. The Hall–Kier alpha value is -1.45. The van der Waals surface area contributed by atoms with Gasteiger partial charge in [0.2, 0.25) is 0 Å². The first-order valence-electron chi connectivity index (χ1n) is 2.57. The summed E-state index contributed by atoms with van der Waals surface area (Å²) in [5, 5.41) is 3.93. The number of imidazole rings is 1. The third-order valence-electron chi connectivity index (χ3n) is 1.05. The molecule has 0 amide bonds. The van der Waals surface area contributed by atoms with Crippen molar-refractivity contribution < 1.29 is 0 Å². The van der Waals surface area contributed by atoms with Crippen LogP contribution in [0.15, 0.2) is 24.8 Å². The minimum Gasteiger partial charge on any atom is -0.218 e. The van der Waals surface area contributed by atoms with E-state index in [4.69, 9.17) is 0 Å². The molecule has 0 aliphatic heterocycles. The Balaban J connectivity index is 2.95. The van der Waals surface area contributed by atoms with Gasteiger partial charge in [0.1, 0.15) is 0 Å². The van der Waals surface area contributed by atoms with Crippen LogP contribution in [0.1, 0.15) is 0 Å². The first-order valence-corrected chi connectivity index (χ1v) is 2.57. The smallest absolute Gasteiger partial charge is 0.218 e. The predicted molar refractivity (Wildman–Crippen MR) is 30.8 cm³/mol. The fourth-order valence-corrected chi connectivity index (χ4v) is 0.673. The molecule has 0 saturated heterocycles. The lowest BCUT2D eigenvalue weighted by molar-refractivity contribution is 0.902. The van der Waals surface area contributed by atoms with Crippen molar-refractivity contribution in [2.45, 2.75) is 0 Å². The molecule has 0 spiro atoms. The van der Waals surface area contributed by atoms with Gasteiger partial charge in [-0.15, -0.1) is 0 Å². The van der Waals surface area contributed by atoms with E-state index < -0.39 is 0 Å². The number of hydrogen-bond donors (Lipinski definition) is 0. The van der Waals surface area contributed by atoms with Gasteiger partial charge in [-0.05, 0) is 0 Å². The van der Waals surface area contributed by atoms with Gasteiger partial charge in [0.25, 0.3) is 5.78 Å². The van der Waals surface area contributed by atoms with Gasteiger partial charge < -0.3 is 0 Å². The van der Waals surface area contributed by atoms with E-state index in [0.29, 0.717) is 5.78 Å². The van der Waals surface area contributed by atoms with Crippen LogP contribution in [-0.4, -0.2) is 19.6 Å². The van der Waals surface area contributed by atoms with E-state index in [0.717, 1.165) is 0 Å². The maximum absolute atomic E-state index is 3.93. The van der Waals surface area contributed by atoms with Gasteiger partial charge in [0, 0.05) is 6.20 Å². The summed E-state index contributed by atoms with van der Waals surface area (Å²) < 4.78 is 1.61. The Morgan fingerprint density at radius 1 is 1.11 bits per heavy atom. The fourth-order valence-electron chi connectivity index (χ4n) is 0.673. The highest BCUT2D eigenvalue weighted by molar-refractivity contribution is 5.22. The second kappa shape index (κ2) is 1.51. The maximum atomic E-state index is 3.93. The molecular weight excluding hydrogens is 116 g/mol. The Kier molecular flexibility index (Phi) is 0.745. The Labute approximate surface area is 51.2 Å². The van der Waals surface area contributed by atoms with Gasteiger partial charge >= 0.3 is 0 Å². The lowest BCUT2D eigenvalue weighted by atomic mass is 10.9. The molecule has 2 aromatic rings. The third-order valence-corrected chi connectivity index (χ3v) is 1.05. The molecule has 0 aliphatic rings. The normalized spacial score (nSPS) is 10.2. The van der Waals surface area contributed by atoms with Crippen LogP contribution >= 0.6 is 0 Å². The van der Waals surface area contributed by atoms with Crippen molar-refractivity contribution >= 4 is 5.78 Å². The second-order valence-electron chi connectivity index (χ2n) is 1.61. The molecular formula is C5H4N4. The molecule has 0 aliphatic carbocycles. The molecule has 2 heterocycles. The zero-order valence-corrected chi connectivity index (χ0v) is 4.60. The predicted octanol–water partition coefficient (Wildman–Crippen LogP) is 0.124. The quantitative estimate of drug-likeness (QED) is 0.496. The molecule has 0 aromatic carbocycles. The SMILES string of the molecule is c1cnn2ccnc2n1. The molecule has 9 heavy (non-hydrogen) atoms. The molecule has 0 radical (unpaired) electrons. The van der Waals surface area contributed by atoms with Gasteiger partial charge in [0.05, 0.1) is 18.6 Å². The van der Waals surface area contributed by atoms with E-state index in [2.05, 4.69) is 15.1 Å². The molecule has 0 atom stereocenters. The Morgan fingerprint density at radius 2 is 2.00 bits per heavy atom. The van der Waals surface area contributed by atoms with E-state index in [1.165, 1.54) is 0 Å². The van der Waals surface area contributed by atoms with Crippen molar-refractivity contribution in [3.8, 4) is 0 Å². The van der Waals surface area contributed by atoms with E-state index in [-0.39, 0.29) is 0 Å². The monoisotopic (exact) mass is 120 g/mol. The van der Waals surface area contributed by atoms with Crippen molar-refractivity contribution in [1.29, 1.82) is 0 Å². The molecule has 2 aromatic heterocycles. The molecule has 0 saturated carbocycles. The summed E-state index contributed by atoms with van der Waals surface area (Å²) in [6, 6.07) is 0. The molecule has 0 fully saturated rings. The summed E-state index contributed by atoms with van der Waals surface area (Å²) in [5.41, 5.74) is 0. The van der Waals surface area contributed by atoms with Gasteiger partial charge in [-0.25, -0.2) is 14.5 Å². The summed E-state index contributed by atoms with van der Waals surface area (Å²) in [4.78, 5) is 7.84. The third kappa shape index (κ3) is 0.561. The first kappa shape index (κ1) is 4.43. The van der Waals surface area contributed by atoms with Crippen LogP contribution in [0, 0.1) is 0 Å². The second-order valence-corrected chi connectivity index (χ2v) is 1.61. The molecule has 44 valence electrons. The van der Waals surface area contributed by atoms with Gasteiger partial charge in [0.15, 0.2) is 0 Å². The number of rotatable bonds is 0. The van der Waals surface area contributed by atoms with Crippen LogP contribution in [0.5, 0.6) is 0 Å². The van der Waals surface area contributed by atoms with Crippen molar-refractivity contribution in [1.82, 2.24) is 19.6 Å². The van der Waals surface area contributed by atoms with E-state index in [1.807, 2.05) is 0 Å². The average molecular weight is 120 g/mol. The number of hydrogen-bond acceptors (Lipinski definition) is 3. The molecule has 4 nitrogen and oxygen atoms in total. The summed E-state index contributed by atoms with van der Waals surface area (Å²) in [6.45, 7) is 0. The maximum Gasteiger partial charge on any atom is 0.250 e. The molecule has 0 unspecified atom stereocenters. The Morgan fingerprint density at radius 3 is 2.89 bits per heavy atom. The number of nitrogens with zero attached hydrogens (tertiary/aromatic N) is 4. The van der Waals surface area contributed by atoms with Crippen LogP contribution in [0.2, 0.25) is 0 Å². The van der Waals surface area contributed by atoms with Gasteiger partial charge in [-0.3, -0.25) is 0 Å². The van der Waals surface area contributed by atoms with Crippen molar-refractivity contribution in [3.63, 3.8) is 0 Å². The van der Waals surface area contributed by atoms with Crippen LogP contribution in [0.4, 0.5) is 0 Å². The zero-order valence-electron chi connectivity index (χ0n) is 4.60. The van der Waals surface area contributed by atoms with Crippen molar-refractivity contribution in [2.24, 2.45) is 0 Å². The van der Waals surface area contributed by atoms with Crippen LogP contribution in [-0.2, 0) is 0 Å². The van der Waals surface area contributed by atoms with E-state index in [1.54, 1.807) is 29.3 Å². The lowest BCUT2D eigenvalue weighted by Gasteiger charge is -1.84. The van der Waals surface area contributed by atoms with E-state index in [9.17, 15) is 0 Å². The highest BCUT2D eigenvalue weighted by atomic mass is 15.3. The highest BCUT2D eigenvalue weighted by Gasteiger charge is 1.88. The van der Waals surface area contributed by atoms with Crippen LogP contribution < -0.4 is 0 Å². The summed E-state index contributed by atoms with van der Waals surface area (Å²) in [6.07, 6.45) is 6.65. The topological polar surface area (TPSA) is 43.1 Å². The Bertz CT molecular complexity index is 283. The summed E-state index contributed by atoms with van der Waals surface area (Å²) >= 11 is 0. The lowest BCUT2D eigenvalue weighted by Crippen LogP contribution is -1.89. The minimum atomic E-state index is 0.637. The largest absolute Gasteiger partial charge is 0.250 e. The zero-order chi connectivity index (χ0) is 6.10.